The Kier molecular flexibility index (Phi) is 9.62. The normalized spacial score (nSPS) is 15.2. The first-order valence-electron chi connectivity index (χ1n) is 13.3. The van der Waals surface area contributed by atoms with Crippen LogP contribution in [0.3, 0.4) is 0 Å². The van der Waals surface area contributed by atoms with Gasteiger partial charge in [0.05, 0.1) is 25.5 Å². The molecule has 0 radical (unpaired) electrons. The number of carbonyl (C=O) groups excluding carboxylic acids is 3. The van der Waals surface area contributed by atoms with Crippen LogP contribution in [0.15, 0.2) is 84.9 Å². The Morgan fingerprint density at radius 2 is 1.77 bits per heavy atom. The molecule has 0 N–H and O–H groups in total. The third-order valence-electron chi connectivity index (χ3n) is 6.71. The summed E-state index contributed by atoms with van der Waals surface area (Å²) in [6, 6.07) is 22.9. The van der Waals surface area contributed by atoms with Gasteiger partial charge in [-0.25, -0.2) is 4.39 Å². The van der Waals surface area contributed by atoms with E-state index in [0.29, 0.717) is 30.9 Å². The molecule has 202 valence electrons. The summed E-state index contributed by atoms with van der Waals surface area (Å²) in [5, 5.41) is 0. The zero-order valence-electron chi connectivity index (χ0n) is 22.1. The molecule has 39 heavy (non-hydrogen) atoms. The van der Waals surface area contributed by atoms with Gasteiger partial charge in [-0.3, -0.25) is 14.4 Å². The number of esters is 1. The summed E-state index contributed by atoms with van der Waals surface area (Å²) in [4.78, 5) is 41.7. The Labute approximate surface area is 228 Å². The van der Waals surface area contributed by atoms with Gasteiger partial charge in [-0.05, 0) is 66.8 Å². The molecule has 1 aliphatic heterocycles. The molecule has 1 fully saturated rings. The molecule has 6 nitrogen and oxygen atoms in total. The maximum atomic E-state index is 13.8. The standard InChI is InChI=1S/C32H33FN2O4/c1-2-39-32(38)27-11-7-19-34(23-27)31(37)21-25-13-16-29(17-14-25)35(22-26-10-6-12-28(33)20-26)30(36)18-15-24-8-4-3-5-9-24/h3-6,8-10,12-18,20,27H,2,7,11,19,21-23H2,1H3/b18-15+/t27-/m1/s1. The minimum absolute atomic E-state index is 0.0461. The highest BCUT2D eigenvalue weighted by Gasteiger charge is 2.29. The molecule has 0 aromatic heterocycles. The van der Waals surface area contributed by atoms with Gasteiger partial charge in [-0.15, -0.1) is 0 Å². The van der Waals surface area contributed by atoms with Crippen molar-refractivity contribution in [3.05, 3.63) is 107 Å². The van der Waals surface area contributed by atoms with Crippen LogP contribution >= 0.6 is 0 Å². The van der Waals surface area contributed by atoms with E-state index in [2.05, 4.69) is 0 Å². The molecule has 3 aromatic rings. The third kappa shape index (κ3) is 7.87. The van der Waals surface area contributed by atoms with Gasteiger partial charge < -0.3 is 14.5 Å². The van der Waals surface area contributed by atoms with Crippen molar-refractivity contribution in [2.75, 3.05) is 24.6 Å². The van der Waals surface area contributed by atoms with Crippen molar-refractivity contribution in [3.8, 4) is 0 Å². The van der Waals surface area contributed by atoms with E-state index in [1.165, 1.54) is 18.2 Å². The Morgan fingerprint density at radius 1 is 1.00 bits per heavy atom. The number of nitrogens with zero attached hydrogens (tertiary/aromatic N) is 2. The van der Waals surface area contributed by atoms with Crippen LogP contribution in [0.1, 0.15) is 36.5 Å². The van der Waals surface area contributed by atoms with E-state index < -0.39 is 0 Å². The number of anilines is 1. The quantitative estimate of drug-likeness (QED) is 0.275. The summed E-state index contributed by atoms with van der Waals surface area (Å²) < 4.78 is 19.0. The average Bonchev–Trinajstić information content (AvgIpc) is 2.96. The number of likely N-dealkylation sites (tertiary alicyclic amines) is 1. The van der Waals surface area contributed by atoms with Crippen LogP contribution in [0.2, 0.25) is 0 Å². The van der Waals surface area contributed by atoms with Gasteiger partial charge in [0.2, 0.25) is 5.91 Å². The van der Waals surface area contributed by atoms with Gasteiger partial charge in [0, 0.05) is 24.9 Å². The van der Waals surface area contributed by atoms with E-state index in [1.54, 1.807) is 47.1 Å². The van der Waals surface area contributed by atoms with Gasteiger partial charge in [-0.1, -0.05) is 54.6 Å². The van der Waals surface area contributed by atoms with Crippen LogP contribution in [-0.2, 0) is 32.1 Å². The van der Waals surface area contributed by atoms with Gasteiger partial charge in [0.15, 0.2) is 0 Å². The molecular formula is C32H33FN2O4. The Hall–Kier alpha value is -4.26. The van der Waals surface area contributed by atoms with E-state index >= 15 is 0 Å². The number of rotatable bonds is 9. The zero-order valence-corrected chi connectivity index (χ0v) is 22.1. The van der Waals surface area contributed by atoms with Crippen molar-refractivity contribution in [1.82, 2.24) is 4.90 Å². The summed E-state index contributed by atoms with van der Waals surface area (Å²) >= 11 is 0. The van der Waals surface area contributed by atoms with Gasteiger partial charge >= 0.3 is 5.97 Å². The van der Waals surface area contributed by atoms with Crippen LogP contribution in [0.25, 0.3) is 6.08 Å². The number of halogens is 1. The number of hydrogen-bond acceptors (Lipinski definition) is 4. The molecule has 0 spiro atoms. The molecule has 2 amide bonds. The summed E-state index contributed by atoms with van der Waals surface area (Å²) in [5.41, 5.74) is 3.00. The number of carbonyl (C=O) groups is 3. The summed E-state index contributed by atoms with van der Waals surface area (Å²) in [5.74, 6) is -1.18. The lowest BCUT2D eigenvalue weighted by molar-refractivity contribution is -0.151. The molecule has 1 aliphatic rings. The summed E-state index contributed by atoms with van der Waals surface area (Å²) in [6.07, 6.45) is 4.94. The lowest BCUT2D eigenvalue weighted by atomic mass is 9.97. The summed E-state index contributed by atoms with van der Waals surface area (Å²) in [6.45, 7) is 3.29. The number of piperidine rings is 1. The fourth-order valence-electron chi connectivity index (χ4n) is 4.67. The fraction of sp³-hybridized carbons (Fsp3) is 0.281. The van der Waals surface area contributed by atoms with Crippen molar-refractivity contribution in [2.24, 2.45) is 5.92 Å². The van der Waals surface area contributed by atoms with Crippen LogP contribution in [-0.4, -0.2) is 42.4 Å². The van der Waals surface area contributed by atoms with E-state index in [4.69, 9.17) is 4.74 Å². The van der Waals surface area contributed by atoms with Gasteiger partial charge in [0.25, 0.3) is 5.91 Å². The summed E-state index contributed by atoms with van der Waals surface area (Å²) in [7, 11) is 0. The molecular weight excluding hydrogens is 495 g/mol. The third-order valence-corrected chi connectivity index (χ3v) is 6.71. The lowest BCUT2D eigenvalue weighted by Gasteiger charge is -2.31. The molecule has 1 atom stereocenters. The van der Waals surface area contributed by atoms with E-state index in [0.717, 1.165) is 24.0 Å². The molecule has 0 aliphatic carbocycles. The molecule has 0 bridgehead atoms. The number of hydrogen-bond donors (Lipinski definition) is 0. The van der Waals surface area contributed by atoms with Crippen molar-refractivity contribution >= 4 is 29.5 Å². The van der Waals surface area contributed by atoms with Crippen molar-refractivity contribution < 1.29 is 23.5 Å². The fourth-order valence-corrected chi connectivity index (χ4v) is 4.67. The van der Waals surface area contributed by atoms with E-state index in [9.17, 15) is 18.8 Å². The Bertz CT molecular complexity index is 1310. The lowest BCUT2D eigenvalue weighted by Crippen LogP contribution is -2.43. The monoisotopic (exact) mass is 528 g/mol. The molecule has 1 saturated heterocycles. The molecule has 4 rings (SSSR count). The second-order valence-electron chi connectivity index (χ2n) is 9.57. The zero-order chi connectivity index (χ0) is 27.6. The molecule has 3 aromatic carbocycles. The SMILES string of the molecule is CCOC(=O)[C@@H]1CCCN(C(=O)Cc2ccc(N(Cc3cccc(F)c3)C(=O)/C=C/c3ccccc3)cc2)C1. The predicted octanol–water partition coefficient (Wildman–Crippen LogP) is 5.42. The molecule has 0 saturated carbocycles. The Morgan fingerprint density at radius 3 is 2.49 bits per heavy atom. The predicted molar refractivity (Wildman–Crippen MR) is 149 cm³/mol. The highest BCUT2D eigenvalue weighted by Crippen LogP contribution is 2.22. The van der Waals surface area contributed by atoms with Crippen LogP contribution < -0.4 is 4.90 Å². The highest BCUT2D eigenvalue weighted by molar-refractivity contribution is 6.03. The topological polar surface area (TPSA) is 66.9 Å². The number of ether oxygens (including phenoxy) is 1. The number of amides is 2. The highest BCUT2D eigenvalue weighted by atomic mass is 19.1. The second-order valence-corrected chi connectivity index (χ2v) is 9.57. The first kappa shape index (κ1) is 27.8. The smallest absolute Gasteiger partial charge is 0.310 e. The van der Waals surface area contributed by atoms with Gasteiger partial charge in [-0.2, -0.15) is 0 Å². The first-order valence-corrected chi connectivity index (χ1v) is 13.3. The maximum Gasteiger partial charge on any atom is 0.310 e. The van der Waals surface area contributed by atoms with Gasteiger partial charge in [0.1, 0.15) is 5.82 Å². The largest absolute Gasteiger partial charge is 0.466 e. The van der Waals surface area contributed by atoms with E-state index in [1.807, 2.05) is 42.5 Å². The van der Waals surface area contributed by atoms with Crippen LogP contribution in [0.4, 0.5) is 10.1 Å². The van der Waals surface area contributed by atoms with Crippen molar-refractivity contribution in [3.63, 3.8) is 0 Å². The molecule has 1 heterocycles. The number of benzene rings is 3. The molecule has 0 unspecified atom stereocenters. The average molecular weight is 529 g/mol. The Balaban J connectivity index is 1.47. The molecule has 7 heteroatoms. The maximum absolute atomic E-state index is 13.8. The van der Waals surface area contributed by atoms with Crippen molar-refractivity contribution in [1.29, 1.82) is 0 Å². The van der Waals surface area contributed by atoms with Crippen LogP contribution in [0, 0.1) is 11.7 Å². The first-order chi connectivity index (χ1) is 18.9. The van der Waals surface area contributed by atoms with E-state index in [-0.39, 0.29) is 42.5 Å². The minimum atomic E-state index is -0.364. The minimum Gasteiger partial charge on any atom is -0.466 e. The van der Waals surface area contributed by atoms with Crippen LogP contribution in [0.5, 0.6) is 0 Å². The van der Waals surface area contributed by atoms with Crippen molar-refractivity contribution in [2.45, 2.75) is 32.7 Å². The second kappa shape index (κ2) is 13.5.